The summed E-state index contributed by atoms with van der Waals surface area (Å²) in [6, 6.07) is 7.39. The molecule has 0 bridgehead atoms. The van der Waals surface area contributed by atoms with E-state index in [1.54, 1.807) is 16.8 Å². The number of benzene rings is 1. The summed E-state index contributed by atoms with van der Waals surface area (Å²) in [5, 5.41) is 0.722. The van der Waals surface area contributed by atoms with E-state index in [1.165, 1.54) is 0 Å². The lowest BCUT2D eigenvalue weighted by molar-refractivity contribution is 0.582. The fourth-order valence-corrected chi connectivity index (χ4v) is 3.09. The molecule has 0 aliphatic carbocycles. The van der Waals surface area contributed by atoms with E-state index < -0.39 is 10.0 Å². The first kappa shape index (κ1) is 12.1. The first-order valence-corrected chi connectivity index (χ1v) is 6.78. The molecule has 0 saturated heterocycles. The average Bonchev–Trinajstić information content (AvgIpc) is 2.66. The lowest BCUT2D eigenvalue weighted by Crippen LogP contribution is -2.29. The van der Waals surface area contributed by atoms with Crippen LogP contribution in [-0.4, -0.2) is 26.1 Å². The molecule has 0 radical (unpaired) electrons. The smallest absolute Gasteiger partial charge is 0.242 e. The van der Waals surface area contributed by atoms with Crippen LogP contribution in [0.15, 0.2) is 35.4 Å². The van der Waals surface area contributed by atoms with E-state index in [0.29, 0.717) is 4.90 Å². The standard InChI is InChI=1S/C11H15N3O2S/c1-14-8-11(17(15,16)13-7-6-12)9-4-2-3-5-10(9)14/h2-5,8,13H,6-7,12H2,1H3. The molecule has 92 valence electrons. The Labute approximate surface area is 100 Å². The molecule has 0 saturated carbocycles. The number of sulfonamides is 1. The van der Waals surface area contributed by atoms with Gasteiger partial charge in [-0.05, 0) is 6.07 Å². The van der Waals surface area contributed by atoms with Crippen LogP contribution < -0.4 is 10.5 Å². The lowest BCUT2D eigenvalue weighted by Gasteiger charge is -2.03. The third-order valence-corrected chi connectivity index (χ3v) is 4.07. The first-order chi connectivity index (χ1) is 8.06. The van der Waals surface area contributed by atoms with E-state index in [-0.39, 0.29) is 13.1 Å². The van der Waals surface area contributed by atoms with E-state index in [9.17, 15) is 8.42 Å². The van der Waals surface area contributed by atoms with Crippen molar-refractivity contribution in [2.24, 2.45) is 12.8 Å². The normalized spacial score (nSPS) is 12.1. The second-order valence-electron chi connectivity index (χ2n) is 3.81. The summed E-state index contributed by atoms with van der Waals surface area (Å²) >= 11 is 0. The van der Waals surface area contributed by atoms with Gasteiger partial charge in [-0.15, -0.1) is 0 Å². The summed E-state index contributed by atoms with van der Waals surface area (Å²) in [4.78, 5) is 0.295. The van der Waals surface area contributed by atoms with E-state index >= 15 is 0 Å². The molecule has 1 aromatic heterocycles. The van der Waals surface area contributed by atoms with Crippen molar-refractivity contribution < 1.29 is 8.42 Å². The highest BCUT2D eigenvalue weighted by atomic mass is 32.2. The number of rotatable bonds is 4. The predicted molar refractivity (Wildman–Crippen MR) is 67.2 cm³/mol. The Morgan fingerprint density at radius 3 is 2.76 bits per heavy atom. The molecule has 5 nitrogen and oxygen atoms in total. The van der Waals surface area contributed by atoms with Crippen LogP contribution >= 0.6 is 0 Å². The third kappa shape index (κ3) is 2.19. The minimum Gasteiger partial charge on any atom is -0.349 e. The van der Waals surface area contributed by atoms with Gasteiger partial charge in [0.2, 0.25) is 10.0 Å². The number of para-hydroxylation sites is 1. The minimum atomic E-state index is -3.48. The predicted octanol–water partition coefficient (Wildman–Crippen LogP) is 0.415. The molecule has 6 heteroatoms. The van der Waals surface area contributed by atoms with Gasteiger partial charge >= 0.3 is 0 Å². The van der Waals surface area contributed by atoms with Crippen molar-refractivity contribution >= 4 is 20.9 Å². The highest BCUT2D eigenvalue weighted by molar-refractivity contribution is 7.89. The maximum absolute atomic E-state index is 12.0. The summed E-state index contributed by atoms with van der Waals surface area (Å²) in [6.45, 7) is 0.523. The first-order valence-electron chi connectivity index (χ1n) is 5.30. The molecule has 17 heavy (non-hydrogen) atoms. The van der Waals surface area contributed by atoms with Crippen LogP contribution in [0.3, 0.4) is 0 Å². The summed E-state index contributed by atoms with van der Waals surface area (Å²) < 4.78 is 28.3. The van der Waals surface area contributed by atoms with E-state index in [1.807, 2.05) is 25.2 Å². The van der Waals surface area contributed by atoms with Gasteiger partial charge < -0.3 is 10.3 Å². The maximum Gasteiger partial charge on any atom is 0.242 e. The average molecular weight is 253 g/mol. The van der Waals surface area contributed by atoms with Crippen LogP contribution in [0.4, 0.5) is 0 Å². The van der Waals surface area contributed by atoms with Gasteiger partial charge in [0.15, 0.2) is 0 Å². The van der Waals surface area contributed by atoms with Gasteiger partial charge in [0.25, 0.3) is 0 Å². The van der Waals surface area contributed by atoms with Crippen molar-refractivity contribution in [3.63, 3.8) is 0 Å². The molecule has 1 heterocycles. The molecule has 0 aliphatic rings. The topological polar surface area (TPSA) is 77.1 Å². The Bertz CT molecular complexity index is 631. The molecule has 0 fully saturated rings. The highest BCUT2D eigenvalue weighted by Crippen LogP contribution is 2.23. The van der Waals surface area contributed by atoms with Crippen molar-refractivity contribution in [2.45, 2.75) is 4.90 Å². The zero-order valence-electron chi connectivity index (χ0n) is 9.55. The minimum absolute atomic E-state index is 0.242. The number of hydrogen-bond donors (Lipinski definition) is 2. The quantitative estimate of drug-likeness (QED) is 0.828. The lowest BCUT2D eigenvalue weighted by atomic mass is 10.2. The van der Waals surface area contributed by atoms with Crippen LogP contribution in [0.5, 0.6) is 0 Å². The third-order valence-electron chi connectivity index (χ3n) is 2.59. The molecule has 3 N–H and O–H groups in total. The number of aromatic nitrogens is 1. The van der Waals surface area contributed by atoms with Crippen molar-refractivity contribution in [2.75, 3.05) is 13.1 Å². The Morgan fingerprint density at radius 1 is 1.35 bits per heavy atom. The molecule has 0 aliphatic heterocycles. The Morgan fingerprint density at radius 2 is 2.06 bits per heavy atom. The molecule has 0 amide bonds. The van der Waals surface area contributed by atoms with Gasteiger partial charge in [-0.25, -0.2) is 13.1 Å². The van der Waals surface area contributed by atoms with Gasteiger partial charge in [0.05, 0.1) is 0 Å². The Kier molecular flexibility index (Phi) is 3.19. The number of fused-ring (bicyclic) bond motifs is 1. The van der Waals surface area contributed by atoms with Gasteiger partial charge in [0.1, 0.15) is 4.90 Å². The van der Waals surface area contributed by atoms with Gasteiger partial charge in [0, 0.05) is 37.2 Å². The number of hydrogen-bond acceptors (Lipinski definition) is 3. The van der Waals surface area contributed by atoms with Crippen molar-refractivity contribution in [3.8, 4) is 0 Å². The number of nitrogens with zero attached hydrogens (tertiary/aromatic N) is 1. The van der Waals surface area contributed by atoms with Gasteiger partial charge in [-0.1, -0.05) is 18.2 Å². The molecule has 2 aromatic rings. The second-order valence-corrected chi connectivity index (χ2v) is 5.54. The Balaban J connectivity index is 2.56. The summed E-state index contributed by atoms with van der Waals surface area (Å²) in [7, 11) is -1.66. The number of nitrogens with one attached hydrogen (secondary N) is 1. The van der Waals surface area contributed by atoms with Gasteiger partial charge in [-0.2, -0.15) is 0 Å². The Hall–Kier alpha value is -1.37. The van der Waals surface area contributed by atoms with Gasteiger partial charge in [-0.3, -0.25) is 0 Å². The summed E-state index contributed by atoms with van der Waals surface area (Å²) in [5.41, 5.74) is 6.19. The largest absolute Gasteiger partial charge is 0.349 e. The van der Waals surface area contributed by atoms with Crippen molar-refractivity contribution in [1.29, 1.82) is 0 Å². The van der Waals surface area contributed by atoms with Crippen LogP contribution in [0, 0.1) is 0 Å². The van der Waals surface area contributed by atoms with Crippen molar-refractivity contribution in [1.82, 2.24) is 9.29 Å². The molecule has 1 aromatic carbocycles. The number of aryl methyl sites for hydroxylation is 1. The number of nitrogens with two attached hydrogens (primary N) is 1. The molecular formula is C11H15N3O2S. The van der Waals surface area contributed by atoms with E-state index in [4.69, 9.17) is 5.73 Å². The van der Waals surface area contributed by atoms with Crippen LogP contribution in [-0.2, 0) is 17.1 Å². The van der Waals surface area contributed by atoms with Crippen LogP contribution in [0.2, 0.25) is 0 Å². The summed E-state index contributed by atoms with van der Waals surface area (Å²) in [5.74, 6) is 0. The molecular weight excluding hydrogens is 238 g/mol. The van der Waals surface area contributed by atoms with Crippen LogP contribution in [0.25, 0.3) is 10.9 Å². The molecule has 2 rings (SSSR count). The fourth-order valence-electron chi connectivity index (χ4n) is 1.79. The van der Waals surface area contributed by atoms with E-state index in [0.717, 1.165) is 10.9 Å². The fraction of sp³-hybridized carbons (Fsp3) is 0.273. The zero-order valence-corrected chi connectivity index (χ0v) is 10.4. The molecule has 0 spiro atoms. The second kappa shape index (κ2) is 4.48. The zero-order chi connectivity index (χ0) is 12.5. The maximum atomic E-state index is 12.0. The molecule has 0 atom stereocenters. The highest BCUT2D eigenvalue weighted by Gasteiger charge is 2.19. The monoisotopic (exact) mass is 253 g/mol. The van der Waals surface area contributed by atoms with Crippen molar-refractivity contribution in [3.05, 3.63) is 30.5 Å². The molecule has 0 unspecified atom stereocenters. The summed E-state index contributed by atoms with van der Waals surface area (Å²) in [6.07, 6.45) is 1.61. The SMILES string of the molecule is Cn1cc(S(=O)(=O)NCCN)c2ccccc21. The van der Waals surface area contributed by atoms with E-state index in [2.05, 4.69) is 4.72 Å². The van der Waals surface area contributed by atoms with Crippen LogP contribution in [0.1, 0.15) is 0 Å².